The molecule has 0 saturated carbocycles. The van der Waals surface area contributed by atoms with Crippen LogP contribution in [0.15, 0.2) is 89.9 Å². The minimum atomic E-state index is -0.700. The molecule has 0 aliphatic carbocycles. The van der Waals surface area contributed by atoms with Crippen molar-refractivity contribution < 1.29 is 14.3 Å². The van der Waals surface area contributed by atoms with Gasteiger partial charge >= 0.3 is 5.97 Å². The van der Waals surface area contributed by atoms with E-state index in [2.05, 4.69) is 4.99 Å². The number of hydrogen-bond acceptors (Lipinski definition) is 5. The Morgan fingerprint density at radius 2 is 1.48 bits per heavy atom. The van der Waals surface area contributed by atoms with E-state index in [4.69, 9.17) is 9.47 Å². The second-order valence-electron chi connectivity index (χ2n) is 6.33. The van der Waals surface area contributed by atoms with Crippen LogP contribution in [-0.4, -0.2) is 17.8 Å². The van der Waals surface area contributed by atoms with E-state index in [1.807, 2.05) is 91.2 Å². The van der Waals surface area contributed by atoms with Crippen LogP contribution in [0.3, 0.4) is 0 Å². The highest BCUT2D eigenvalue weighted by molar-refractivity contribution is 8.11. The van der Waals surface area contributed by atoms with Gasteiger partial charge in [-0.3, -0.25) is 4.99 Å². The molecule has 0 spiro atoms. The Hall–Kier alpha value is -3.05. The molecule has 0 fully saturated rings. The van der Waals surface area contributed by atoms with Gasteiger partial charge in [0, 0.05) is 0 Å². The maximum absolute atomic E-state index is 12.6. The summed E-state index contributed by atoms with van der Waals surface area (Å²) in [4.78, 5) is 17.0. The van der Waals surface area contributed by atoms with Crippen LogP contribution in [0.4, 0.5) is 0 Å². The maximum atomic E-state index is 12.6. The van der Waals surface area contributed by atoms with Crippen LogP contribution < -0.4 is 4.74 Å². The van der Waals surface area contributed by atoms with Crippen molar-refractivity contribution in [3.8, 4) is 5.75 Å². The fourth-order valence-corrected chi connectivity index (χ4v) is 2.94. The van der Waals surface area contributed by atoms with Crippen LogP contribution in [0, 0.1) is 0 Å². The standard InChI is InChI=1S/C24H23NO3S/c1-29-18-25-23(24(26)28-17-20-10-6-3-7-11-20)21-12-14-22(15-13-21)27-16-19-8-4-2-5-9-19/h2-15,18,23H,16-17H2,1H3. The van der Waals surface area contributed by atoms with E-state index in [0.717, 1.165) is 22.4 Å². The van der Waals surface area contributed by atoms with Crippen molar-refractivity contribution in [2.75, 3.05) is 6.26 Å². The van der Waals surface area contributed by atoms with Gasteiger partial charge in [0.1, 0.15) is 19.0 Å². The number of nitrogens with zero attached hydrogens (tertiary/aromatic N) is 1. The molecule has 1 atom stereocenters. The van der Waals surface area contributed by atoms with Crippen LogP contribution in [0.5, 0.6) is 5.75 Å². The van der Waals surface area contributed by atoms with Gasteiger partial charge in [0.05, 0.1) is 5.55 Å². The van der Waals surface area contributed by atoms with Crippen molar-refractivity contribution in [3.63, 3.8) is 0 Å². The summed E-state index contributed by atoms with van der Waals surface area (Å²) >= 11 is 1.44. The van der Waals surface area contributed by atoms with Crippen molar-refractivity contribution in [3.05, 3.63) is 102 Å². The zero-order chi connectivity index (χ0) is 20.3. The van der Waals surface area contributed by atoms with E-state index in [0.29, 0.717) is 6.61 Å². The molecule has 148 valence electrons. The fraction of sp³-hybridized carbons (Fsp3) is 0.167. The zero-order valence-electron chi connectivity index (χ0n) is 16.2. The van der Waals surface area contributed by atoms with Crippen LogP contribution in [0.25, 0.3) is 0 Å². The largest absolute Gasteiger partial charge is 0.489 e. The monoisotopic (exact) mass is 405 g/mol. The maximum Gasteiger partial charge on any atom is 0.335 e. The molecule has 0 amide bonds. The molecule has 0 bridgehead atoms. The van der Waals surface area contributed by atoms with Crippen LogP contribution in [-0.2, 0) is 22.7 Å². The third-order valence-corrected chi connectivity index (χ3v) is 4.54. The van der Waals surface area contributed by atoms with Gasteiger partial charge in [0.25, 0.3) is 0 Å². The molecular formula is C24H23NO3S. The molecule has 29 heavy (non-hydrogen) atoms. The minimum Gasteiger partial charge on any atom is -0.489 e. The number of hydrogen-bond donors (Lipinski definition) is 0. The highest BCUT2D eigenvalue weighted by atomic mass is 32.2. The number of aliphatic imine (C=N–C) groups is 1. The number of benzene rings is 3. The van der Waals surface area contributed by atoms with E-state index in [1.165, 1.54) is 11.8 Å². The average Bonchev–Trinajstić information content (AvgIpc) is 2.78. The number of carbonyl (C=O) groups is 1. The molecule has 0 saturated heterocycles. The van der Waals surface area contributed by atoms with Crippen LogP contribution in [0.2, 0.25) is 0 Å². The van der Waals surface area contributed by atoms with E-state index < -0.39 is 6.04 Å². The summed E-state index contributed by atoms with van der Waals surface area (Å²) in [6, 6.07) is 26.3. The van der Waals surface area contributed by atoms with Crippen molar-refractivity contribution in [2.45, 2.75) is 19.3 Å². The van der Waals surface area contributed by atoms with Gasteiger partial charge in [-0.1, -0.05) is 72.8 Å². The Morgan fingerprint density at radius 3 is 2.07 bits per heavy atom. The van der Waals surface area contributed by atoms with Gasteiger partial charge in [0.15, 0.2) is 6.04 Å². The molecule has 0 heterocycles. The topological polar surface area (TPSA) is 47.9 Å². The fourth-order valence-electron chi connectivity index (χ4n) is 2.70. The average molecular weight is 406 g/mol. The van der Waals surface area contributed by atoms with E-state index in [-0.39, 0.29) is 12.6 Å². The Labute approximate surface area is 175 Å². The lowest BCUT2D eigenvalue weighted by Crippen LogP contribution is -2.14. The first-order valence-electron chi connectivity index (χ1n) is 9.28. The van der Waals surface area contributed by atoms with Gasteiger partial charge in [0.2, 0.25) is 0 Å². The van der Waals surface area contributed by atoms with Crippen molar-refractivity contribution >= 4 is 23.3 Å². The third kappa shape index (κ3) is 6.50. The summed E-state index contributed by atoms with van der Waals surface area (Å²) in [6.07, 6.45) is 1.90. The third-order valence-electron chi connectivity index (χ3n) is 4.21. The molecule has 0 radical (unpaired) electrons. The number of carbonyl (C=O) groups excluding carboxylic acids is 1. The number of ether oxygens (including phenoxy) is 2. The molecule has 3 rings (SSSR count). The smallest absolute Gasteiger partial charge is 0.335 e. The lowest BCUT2D eigenvalue weighted by molar-refractivity contribution is -0.146. The van der Waals surface area contributed by atoms with Crippen molar-refractivity contribution in [1.29, 1.82) is 0 Å². The molecule has 0 aliphatic rings. The lowest BCUT2D eigenvalue weighted by atomic mass is 10.1. The Kier molecular flexibility index (Phi) is 7.90. The van der Waals surface area contributed by atoms with Gasteiger partial charge in [-0.25, -0.2) is 4.79 Å². The molecule has 0 aliphatic heterocycles. The summed E-state index contributed by atoms with van der Waals surface area (Å²) in [6.45, 7) is 0.719. The van der Waals surface area contributed by atoms with Crippen LogP contribution in [0.1, 0.15) is 22.7 Å². The summed E-state index contributed by atoms with van der Waals surface area (Å²) in [5.74, 6) is 0.361. The quantitative estimate of drug-likeness (QED) is 0.270. The zero-order valence-corrected chi connectivity index (χ0v) is 17.0. The number of rotatable bonds is 9. The lowest BCUT2D eigenvalue weighted by Gasteiger charge is -2.14. The normalized spacial score (nSPS) is 11.9. The van der Waals surface area contributed by atoms with Crippen LogP contribution >= 0.6 is 11.8 Å². The predicted molar refractivity (Wildman–Crippen MR) is 118 cm³/mol. The van der Waals surface area contributed by atoms with Gasteiger partial charge in [-0.15, -0.1) is 11.8 Å². The van der Waals surface area contributed by atoms with Crippen molar-refractivity contribution in [2.24, 2.45) is 4.99 Å². The first-order chi connectivity index (χ1) is 14.3. The highest BCUT2D eigenvalue weighted by Crippen LogP contribution is 2.23. The predicted octanol–water partition coefficient (Wildman–Crippen LogP) is 5.44. The summed E-state index contributed by atoms with van der Waals surface area (Å²) in [5, 5.41) is 0. The Bertz CT molecular complexity index is 912. The molecule has 0 aromatic heterocycles. The Balaban J connectivity index is 1.64. The molecule has 0 N–H and O–H groups in total. The first kappa shape index (κ1) is 20.7. The van der Waals surface area contributed by atoms with E-state index in [9.17, 15) is 4.79 Å². The summed E-state index contributed by atoms with van der Waals surface area (Å²) in [5.41, 5.74) is 4.47. The second-order valence-corrected chi connectivity index (χ2v) is 7.01. The second kappa shape index (κ2) is 11.1. The molecule has 5 heteroatoms. The number of thioether (sulfide) groups is 1. The molecule has 1 unspecified atom stereocenters. The molecule has 3 aromatic rings. The summed E-state index contributed by atoms with van der Waals surface area (Å²) in [7, 11) is 0. The first-order valence-corrected chi connectivity index (χ1v) is 10.6. The molecule has 3 aromatic carbocycles. The van der Waals surface area contributed by atoms with E-state index in [1.54, 1.807) is 5.55 Å². The Morgan fingerprint density at radius 1 is 0.897 bits per heavy atom. The van der Waals surface area contributed by atoms with E-state index >= 15 is 0 Å². The minimum absolute atomic E-state index is 0.225. The van der Waals surface area contributed by atoms with Crippen molar-refractivity contribution in [1.82, 2.24) is 0 Å². The number of esters is 1. The highest BCUT2D eigenvalue weighted by Gasteiger charge is 2.21. The van der Waals surface area contributed by atoms with Gasteiger partial charge in [-0.05, 0) is 35.1 Å². The molecular weight excluding hydrogens is 382 g/mol. The summed E-state index contributed by atoms with van der Waals surface area (Å²) < 4.78 is 11.3. The van der Waals surface area contributed by atoms with Gasteiger partial charge in [-0.2, -0.15) is 0 Å². The SMILES string of the molecule is CSC=NC(C(=O)OCc1ccccc1)c1ccc(OCc2ccccc2)cc1. The van der Waals surface area contributed by atoms with Gasteiger partial charge < -0.3 is 9.47 Å². The molecule has 4 nitrogen and oxygen atoms in total.